The number of Topliss-reactive ketones (excluding diaryl/α,β-unsaturated/α-hetero) is 2. The number of ether oxygens (including phenoxy) is 4. The predicted octanol–water partition coefficient (Wildman–Crippen LogP) is 3.32. The number of fused-ring (bicyclic) bond motifs is 2. The largest absolute Gasteiger partial charge is 0.481 e. The van der Waals surface area contributed by atoms with Crippen LogP contribution in [0.3, 0.4) is 0 Å². The van der Waals surface area contributed by atoms with Gasteiger partial charge in [-0.3, -0.25) is 19.2 Å². The second-order valence-corrected chi connectivity index (χ2v) is 21.0. The second kappa shape index (κ2) is 32.9. The number of nitrogen functional groups attached to an aromatic ring is 1. The Morgan fingerprint density at radius 3 is 1.92 bits per heavy atom. The van der Waals surface area contributed by atoms with Gasteiger partial charge in [0.05, 0.1) is 67.1 Å². The molecule has 3 aliphatic rings. The van der Waals surface area contributed by atoms with E-state index in [0.29, 0.717) is 17.7 Å². The van der Waals surface area contributed by atoms with Crippen molar-refractivity contribution in [2.75, 3.05) is 5.73 Å². The number of cyclic esters (lactones) is 1. The van der Waals surface area contributed by atoms with Gasteiger partial charge in [0, 0.05) is 49.3 Å². The molecule has 78 heavy (non-hydrogen) atoms. The first-order valence-electron chi connectivity index (χ1n) is 26.9. The Bertz CT molecular complexity index is 2250. The van der Waals surface area contributed by atoms with Crippen molar-refractivity contribution in [3.63, 3.8) is 0 Å². The van der Waals surface area contributed by atoms with E-state index in [9.17, 15) is 70.2 Å². The van der Waals surface area contributed by atoms with Gasteiger partial charge in [-0.2, -0.15) is 0 Å². The van der Waals surface area contributed by atoms with E-state index in [4.69, 9.17) is 30.4 Å². The van der Waals surface area contributed by atoms with Gasteiger partial charge in [0.2, 0.25) is 0 Å². The quantitative estimate of drug-likeness (QED) is 0.0692. The topological polar surface area (TPSA) is 360 Å². The maximum Gasteiger partial charge on any atom is 0.313 e. The minimum atomic E-state index is -2.31. The summed E-state index contributed by atoms with van der Waals surface area (Å²) in [7, 11) is 0. The number of carboxylic acids is 1. The highest BCUT2D eigenvalue weighted by Crippen LogP contribution is 2.38. The third-order valence-corrected chi connectivity index (χ3v) is 14.1. The van der Waals surface area contributed by atoms with Crippen LogP contribution >= 0.6 is 0 Å². The van der Waals surface area contributed by atoms with Crippen LogP contribution in [0, 0.1) is 17.8 Å². The smallest absolute Gasteiger partial charge is 0.313 e. The van der Waals surface area contributed by atoms with Gasteiger partial charge in [0.15, 0.2) is 17.9 Å². The minimum absolute atomic E-state index is 0.0724. The van der Waals surface area contributed by atoms with Crippen LogP contribution in [0.15, 0.2) is 109 Å². The molecule has 2 bridgehead atoms. The molecule has 0 spiro atoms. The van der Waals surface area contributed by atoms with E-state index in [-0.39, 0.29) is 69.0 Å². The highest BCUT2D eigenvalue weighted by atomic mass is 16.7. The molecular formula is C58H84N2O18. The summed E-state index contributed by atoms with van der Waals surface area (Å²) < 4.78 is 23.7. The molecule has 0 amide bonds. The predicted molar refractivity (Wildman–Crippen MR) is 289 cm³/mol. The number of allylic oxidation sites excluding steroid dienone is 12. The summed E-state index contributed by atoms with van der Waals surface area (Å²) in [4.78, 5) is 51.5. The van der Waals surface area contributed by atoms with Crippen molar-refractivity contribution in [2.45, 2.75) is 196 Å². The number of rotatable bonds is 10. The number of carbonyl (C=O) groups excluding carboxylic acids is 3. The van der Waals surface area contributed by atoms with Crippen molar-refractivity contribution < 1.29 is 89.2 Å². The second-order valence-electron chi connectivity index (χ2n) is 21.0. The van der Waals surface area contributed by atoms with Gasteiger partial charge in [0.1, 0.15) is 30.3 Å². The SMILES string of the molecule is CC1/C=C/C=C/C=C/C=C/C=C/C=C/C=C/C(O[C@H]2O[C@@H](C)[C@H](O)[C@@H](N)[C@H]2O)CC2OC(O)(CC(O)CC(O)CC(O)CC(O)CCCC(=O)CC(=O)OC1C(C)CCC(O)CC(=O)c1ccc(N)cc1)CC(O)C2C(=O)O. The monoisotopic (exact) mass is 1100 g/mol. The molecule has 13 unspecified atom stereocenters. The maximum atomic E-state index is 13.2. The van der Waals surface area contributed by atoms with E-state index in [2.05, 4.69) is 0 Å². The highest BCUT2D eigenvalue weighted by Gasteiger charge is 2.51. The van der Waals surface area contributed by atoms with Crippen LogP contribution in [0.1, 0.15) is 115 Å². The minimum Gasteiger partial charge on any atom is -0.481 e. The summed E-state index contributed by atoms with van der Waals surface area (Å²) in [5, 5.41) is 108. The fourth-order valence-corrected chi connectivity index (χ4v) is 9.84. The van der Waals surface area contributed by atoms with Crippen LogP contribution in [0.2, 0.25) is 0 Å². The van der Waals surface area contributed by atoms with Crippen molar-refractivity contribution in [3.05, 3.63) is 115 Å². The van der Waals surface area contributed by atoms with Gasteiger partial charge >= 0.3 is 11.9 Å². The highest BCUT2D eigenvalue weighted by molar-refractivity contribution is 5.96. The molecule has 0 aromatic heterocycles. The molecule has 3 aliphatic heterocycles. The zero-order chi connectivity index (χ0) is 57.5. The average molecular weight is 1100 g/mol. The molecule has 3 heterocycles. The number of aliphatic hydroxyl groups is 9. The molecule has 14 N–H and O–H groups in total. The summed E-state index contributed by atoms with van der Waals surface area (Å²) in [5.74, 6) is -7.37. The molecule has 4 rings (SSSR count). The lowest BCUT2D eigenvalue weighted by molar-refractivity contribution is -0.308. The van der Waals surface area contributed by atoms with Crippen molar-refractivity contribution >= 4 is 29.2 Å². The first kappa shape index (κ1) is 65.5. The fourth-order valence-electron chi connectivity index (χ4n) is 9.84. The number of esters is 1. The Hall–Kier alpha value is -5.04. The van der Waals surface area contributed by atoms with Crippen LogP contribution < -0.4 is 11.5 Å². The van der Waals surface area contributed by atoms with Crippen LogP contribution in [-0.2, 0) is 33.3 Å². The summed E-state index contributed by atoms with van der Waals surface area (Å²) in [6.07, 6.45) is 5.99. The number of anilines is 1. The number of carboxylic acid groups (broad SMARTS) is 1. The van der Waals surface area contributed by atoms with E-state index in [0.717, 1.165) is 0 Å². The van der Waals surface area contributed by atoms with Crippen LogP contribution in [-0.4, -0.2) is 166 Å². The zero-order valence-corrected chi connectivity index (χ0v) is 44.8. The molecule has 434 valence electrons. The summed E-state index contributed by atoms with van der Waals surface area (Å²) >= 11 is 0. The molecule has 1 aromatic carbocycles. The number of aliphatic hydroxyl groups excluding tert-OH is 8. The van der Waals surface area contributed by atoms with Crippen LogP contribution in [0.5, 0.6) is 0 Å². The number of hydrogen-bond donors (Lipinski definition) is 12. The number of hydrogen-bond acceptors (Lipinski definition) is 19. The Labute approximate surface area is 456 Å². The molecule has 1 aromatic rings. The zero-order valence-electron chi connectivity index (χ0n) is 44.8. The molecule has 18 atom stereocenters. The Morgan fingerprint density at radius 1 is 0.756 bits per heavy atom. The third kappa shape index (κ3) is 22.6. The molecule has 20 nitrogen and oxygen atoms in total. The van der Waals surface area contributed by atoms with E-state index < -0.39 is 141 Å². The molecule has 0 saturated carbocycles. The van der Waals surface area contributed by atoms with Gasteiger partial charge in [-0.15, -0.1) is 0 Å². The number of nitrogens with two attached hydrogens (primary N) is 2. The lowest BCUT2D eigenvalue weighted by Crippen LogP contribution is -2.61. The van der Waals surface area contributed by atoms with Gasteiger partial charge in [0.25, 0.3) is 0 Å². The van der Waals surface area contributed by atoms with E-state index in [1.54, 1.807) is 97.2 Å². The molecule has 2 fully saturated rings. The Kier molecular flexibility index (Phi) is 27.6. The molecular weight excluding hydrogens is 1010 g/mol. The molecule has 0 aliphatic carbocycles. The standard InChI is InChI=1S/C58H84N2O18/c1-35-17-14-12-10-8-6-4-5-7-9-11-13-15-20-46(76-57-54(71)52(60)53(70)37(3)75-57)32-49-51(56(72)73)48(68)34-58(74,78-49)33-45(66)29-44(65)28-43(64)27-40(61)18-16-19-41(62)31-50(69)77-55(35)36(2)21-26-42(63)30-47(67)38-22-24-39(59)25-23-38/h4-15,17,20,22-25,35-37,40,42-46,48-49,51-55,57,61,63-66,68,70-71,74H,16,18-19,21,26-34,59-60H2,1-3H3,(H,72,73)/b5-4+,8-6+,9-7+,12-10+,13-11+,17-14+,20-15+/t35?,36?,37-,40?,42?,43?,44?,45?,46?,48?,49?,51?,52+,53-,54+,55?,57+,58?/m0/s1. The summed E-state index contributed by atoms with van der Waals surface area (Å²) in [6.45, 7) is 5.27. The van der Waals surface area contributed by atoms with Crippen molar-refractivity contribution in [1.82, 2.24) is 0 Å². The van der Waals surface area contributed by atoms with Crippen molar-refractivity contribution in [3.8, 4) is 0 Å². The van der Waals surface area contributed by atoms with E-state index >= 15 is 0 Å². The van der Waals surface area contributed by atoms with Gasteiger partial charge in [-0.25, -0.2) is 0 Å². The number of carbonyl (C=O) groups is 4. The third-order valence-electron chi connectivity index (χ3n) is 14.1. The number of aliphatic carboxylic acids is 1. The molecule has 20 heteroatoms. The van der Waals surface area contributed by atoms with Gasteiger partial charge < -0.3 is 81.5 Å². The number of benzene rings is 1. The average Bonchev–Trinajstić information content (AvgIpc) is 3.34. The first-order valence-corrected chi connectivity index (χ1v) is 26.9. The van der Waals surface area contributed by atoms with Gasteiger partial charge in [-0.05, 0) is 82.1 Å². The van der Waals surface area contributed by atoms with Crippen molar-refractivity contribution in [1.29, 1.82) is 0 Å². The van der Waals surface area contributed by atoms with E-state index in [1.807, 2.05) is 19.9 Å². The Morgan fingerprint density at radius 2 is 1.32 bits per heavy atom. The maximum absolute atomic E-state index is 13.2. The van der Waals surface area contributed by atoms with Crippen LogP contribution in [0.25, 0.3) is 0 Å². The lowest BCUT2D eigenvalue weighted by Gasteiger charge is -2.45. The normalized spacial score (nSPS) is 37.8. The van der Waals surface area contributed by atoms with E-state index in [1.165, 1.54) is 13.0 Å². The lowest BCUT2D eigenvalue weighted by atomic mass is 9.82. The van der Waals surface area contributed by atoms with Crippen LogP contribution in [0.4, 0.5) is 5.69 Å². The summed E-state index contributed by atoms with van der Waals surface area (Å²) in [6, 6.07) is 5.28. The Balaban J connectivity index is 1.52. The molecule has 0 radical (unpaired) electrons. The van der Waals surface area contributed by atoms with Gasteiger partial charge in [-0.1, -0.05) is 98.9 Å². The summed E-state index contributed by atoms with van der Waals surface area (Å²) in [5.41, 5.74) is 12.7. The fraction of sp³-hybridized carbons (Fsp3) is 0.586. The number of ketones is 2. The molecule has 2 saturated heterocycles. The van der Waals surface area contributed by atoms with Crippen molar-refractivity contribution in [2.24, 2.45) is 23.5 Å². The first-order chi connectivity index (χ1) is 36.9.